The average molecular weight is 292 g/mol. The third kappa shape index (κ3) is 6.36. The zero-order chi connectivity index (χ0) is 11.6. The Labute approximate surface area is 106 Å². The van der Waals surface area contributed by atoms with Crippen molar-refractivity contribution in [1.82, 2.24) is 5.32 Å². The molecule has 0 atom stereocenters. The van der Waals surface area contributed by atoms with E-state index in [4.69, 9.17) is 4.74 Å². The van der Waals surface area contributed by atoms with Gasteiger partial charge in [-0.2, -0.15) is 0 Å². The van der Waals surface area contributed by atoms with Crippen LogP contribution in [0.15, 0.2) is 0 Å². The normalized spacial score (nSPS) is 17.1. The van der Waals surface area contributed by atoms with Crippen LogP contribution in [0.25, 0.3) is 0 Å². The van der Waals surface area contributed by atoms with Gasteiger partial charge < -0.3 is 10.1 Å². The fourth-order valence-electron chi connectivity index (χ4n) is 1.99. The maximum Gasteiger partial charge on any atom is 0.407 e. The van der Waals surface area contributed by atoms with Gasteiger partial charge in [-0.1, -0.05) is 35.2 Å². The molecule has 0 aromatic carbocycles. The van der Waals surface area contributed by atoms with Crippen LogP contribution in [0.2, 0.25) is 0 Å². The van der Waals surface area contributed by atoms with Crippen LogP contribution in [-0.2, 0) is 4.74 Å². The molecule has 1 aliphatic carbocycles. The van der Waals surface area contributed by atoms with Crippen molar-refractivity contribution >= 4 is 22.0 Å². The smallest absolute Gasteiger partial charge is 0.407 e. The van der Waals surface area contributed by atoms with Crippen molar-refractivity contribution in [2.24, 2.45) is 0 Å². The van der Waals surface area contributed by atoms with Crippen LogP contribution >= 0.6 is 15.9 Å². The van der Waals surface area contributed by atoms with Crippen LogP contribution in [0.4, 0.5) is 4.79 Å². The maximum absolute atomic E-state index is 11.4. The van der Waals surface area contributed by atoms with Crippen LogP contribution in [0.3, 0.4) is 0 Å². The van der Waals surface area contributed by atoms with Crippen LogP contribution in [-0.4, -0.2) is 24.1 Å². The molecule has 0 radical (unpaired) electrons. The number of alkyl halides is 1. The fraction of sp³-hybridized carbons (Fsp3) is 0.917. The Balaban J connectivity index is 1.97. The van der Waals surface area contributed by atoms with Crippen molar-refractivity contribution in [3.8, 4) is 0 Å². The van der Waals surface area contributed by atoms with Crippen LogP contribution in [0, 0.1) is 0 Å². The predicted molar refractivity (Wildman–Crippen MR) is 69.0 cm³/mol. The van der Waals surface area contributed by atoms with E-state index in [1.165, 1.54) is 19.3 Å². The third-order valence-corrected chi connectivity index (χ3v) is 3.50. The highest BCUT2D eigenvalue weighted by molar-refractivity contribution is 9.09. The number of ether oxygens (including phenoxy) is 1. The Morgan fingerprint density at radius 3 is 2.62 bits per heavy atom. The molecule has 4 heteroatoms. The monoisotopic (exact) mass is 291 g/mol. The molecule has 1 amide bonds. The molecule has 0 heterocycles. The minimum absolute atomic E-state index is 0.231. The first-order valence-electron chi connectivity index (χ1n) is 6.32. The summed E-state index contributed by atoms with van der Waals surface area (Å²) in [6, 6.07) is 0.351. The molecule has 1 fully saturated rings. The Hall–Kier alpha value is -0.250. The number of carbonyl (C=O) groups excluding carboxylic acids is 1. The van der Waals surface area contributed by atoms with Crippen molar-refractivity contribution in [2.75, 3.05) is 11.9 Å². The molecule has 0 unspecified atom stereocenters. The zero-order valence-electron chi connectivity index (χ0n) is 9.84. The lowest BCUT2D eigenvalue weighted by atomic mass is 9.96. The highest BCUT2D eigenvalue weighted by Crippen LogP contribution is 2.17. The first-order chi connectivity index (χ1) is 7.83. The number of hydrogen-bond donors (Lipinski definition) is 1. The van der Waals surface area contributed by atoms with Crippen LogP contribution < -0.4 is 5.32 Å². The first-order valence-corrected chi connectivity index (χ1v) is 7.44. The minimum Gasteiger partial charge on any atom is -0.450 e. The molecule has 0 aromatic heterocycles. The van der Waals surface area contributed by atoms with Gasteiger partial charge in [0.1, 0.15) is 0 Å². The Bertz CT molecular complexity index is 193. The van der Waals surface area contributed by atoms with Crippen molar-refractivity contribution in [3.63, 3.8) is 0 Å². The minimum atomic E-state index is -0.231. The van der Waals surface area contributed by atoms with E-state index in [1.807, 2.05) is 0 Å². The Morgan fingerprint density at radius 1 is 1.19 bits per heavy atom. The molecule has 0 aliphatic heterocycles. The lowest BCUT2D eigenvalue weighted by Crippen LogP contribution is -2.36. The van der Waals surface area contributed by atoms with Gasteiger partial charge >= 0.3 is 6.09 Å². The van der Waals surface area contributed by atoms with Gasteiger partial charge in [0.25, 0.3) is 0 Å². The molecule has 0 aromatic rings. The molecule has 0 saturated heterocycles. The molecule has 94 valence electrons. The van der Waals surface area contributed by atoms with E-state index in [9.17, 15) is 4.79 Å². The third-order valence-electron chi connectivity index (χ3n) is 2.94. The van der Waals surface area contributed by atoms with E-state index in [0.717, 1.165) is 37.4 Å². The lowest BCUT2D eigenvalue weighted by molar-refractivity contribution is 0.137. The van der Waals surface area contributed by atoms with E-state index in [2.05, 4.69) is 21.2 Å². The van der Waals surface area contributed by atoms with Gasteiger partial charge in [0.05, 0.1) is 6.61 Å². The van der Waals surface area contributed by atoms with E-state index < -0.39 is 0 Å². The zero-order valence-corrected chi connectivity index (χ0v) is 11.4. The quantitative estimate of drug-likeness (QED) is 0.600. The van der Waals surface area contributed by atoms with E-state index in [-0.39, 0.29) is 6.09 Å². The molecule has 1 saturated carbocycles. The molecule has 0 bridgehead atoms. The SMILES string of the molecule is O=C(NC1CCCCC1)OCCCCCBr. The second kappa shape index (κ2) is 8.85. The highest BCUT2D eigenvalue weighted by Gasteiger charge is 2.15. The van der Waals surface area contributed by atoms with Gasteiger partial charge in [-0.05, 0) is 32.1 Å². The summed E-state index contributed by atoms with van der Waals surface area (Å²) in [6.45, 7) is 0.547. The van der Waals surface area contributed by atoms with E-state index >= 15 is 0 Å². The summed E-state index contributed by atoms with van der Waals surface area (Å²) >= 11 is 3.38. The lowest BCUT2D eigenvalue weighted by Gasteiger charge is -2.22. The number of unbranched alkanes of at least 4 members (excludes halogenated alkanes) is 2. The number of hydrogen-bond acceptors (Lipinski definition) is 2. The summed E-state index contributed by atoms with van der Waals surface area (Å²) in [5.41, 5.74) is 0. The molecular weight excluding hydrogens is 270 g/mol. The van der Waals surface area contributed by atoms with Gasteiger partial charge in [0.15, 0.2) is 0 Å². The largest absolute Gasteiger partial charge is 0.450 e. The summed E-state index contributed by atoms with van der Waals surface area (Å²) in [4.78, 5) is 11.4. The van der Waals surface area contributed by atoms with Gasteiger partial charge in [0.2, 0.25) is 0 Å². The number of alkyl carbamates (subject to hydrolysis) is 1. The summed E-state index contributed by atoms with van der Waals surface area (Å²) < 4.78 is 5.13. The standard InChI is InChI=1S/C12H22BrNO2/c13-9-5-2-6-10-16-12(15)14-11-7-3-1-4-8-11/h11H,1-10H2,(H,14,15). The molecule has 0 spiro atoms. The van der Waals surface area contributed by atoms with Gasteiger partial charge in [-0.25, -0.2) is 4.79 Å². The first kappa shape index (κ1) is 13.8. The molecule has 3 nitrogen and oxygen atoms in total. The number of amides is 1. The summed E-state index contributed by atoms with van der Waals surface area (Å²) in [5.74, 6) is 0. The molecule has 1 rings (SSSR count). The average Bonchev–Trinajstić information content (AvgIpc) is 2.30. The van der Waals surface area contributed by atoms with Crippen LogP contribution in [0.1, 0.15) is 51.4 Å². The second-order valence-corrected chi connectivity index (χ2v) is 5.16. The topological polar surface area (TPSA) is 38.3 Å². The van der Waals surface area contributed by atoms with Crippen LogP contribution in [0.5, 0.6) is 0 Å². The molecule has 1 aliphatic rings. The van der Waals surface area contributed by atoms with Gasteiger partial charge in [0, 0.05) is 11.4 Å². The number of halogens is 1. The maximum atomic E-state index is 11.4. The Morgan fingerprint density at radius 2 is 1.94 bits per heavy atom. The van der Waals surface area contributed by atoms with Gasteiger partial charge in [-0.3, -0.25) is 0 Å². The summed E-state index contributed by atoms with van der Waals surface area (Å²) in [7, 11) is 0. The van der Waals surface area contributed by atoms with E-state index in [0.29, 0.717) is 12.6 Å². The van der Waals surface area contributed by atoms with Crippen molar-refractivity contribution < 1.29 is 9.53 Å². The van der Waals surface area contributed by atoms with Crippen molar-refractivity contribution in [1.29, 1.82) is 0 Å². The number of nitrogens with one attached hydrogen (secondary N) is 1. The Kier molecular flexibility index (Phi) is 7.64. The molecule has 16 heavy (non-hydrogen) atoms. The summed E-state index contributed by atoms with van der Waals surface area (Å²) in [6.07, 6.45) is 8.98. The van der Waals surface area contributed by atoms with Crippen molar-refractivity contribution in [3.05, 3.63) is 0 Å². The molecular formula is C12H22BrNO2. The summed E-state index contributed by atoms with van der Waals surface area (Å²) in [5, 5.41) is 3.97. The number of rotatable bonds is 6. The number of carbonyl (C=O) groups is 1. The molecule has 1 N–H and O–H groups in total. The van der Waals surface area contributed by atoms with Gasteiger partial charge in [-0.15, -0.1) is 0 Å². The predicted octanol–water partition coefficient (Wildman–Crippen LogP) is 3.61. The second-order valence-electron chi connectivity index (χ2n) is 4.36. The van der Waals surface area contributed by atoms with E-state index in [1.54, 1.807) is 0 Å². The fourth-order valence-corrected chi connectivity index (χ4v) is 2.39. The van der Waals surface area contributed by atoms with Crippen molar-refractivity contribution in [2.45, 2.75) is 57.4 Å². The highest BCUT2D eigenvalue weighted by atomic mass is 79.9.